The van der Waals surface area contributed by atoms with Crippen LogP contribution in [0.2, 0.25) is 0 Å². The zero-order valence-electron chi connectivity index (χ0n) is 25.3. The summed E-state index contributed by atoms with van der Waals surface area (Å²) >= 11 is 0. The molecule has 2 aromatic rings. The van der Waals surface area contributed by atoms with Crippen molar-refractivity contribution in [3.8, 4) is 0 Å². The molecule has 0 aromatic heterocycles. The highest BCUT2D eigenvalue weighted by molar-refractivity contribution is 5.93. The van der Waals surface area contributed by atoms with Gasteiger partial charge in [-0.05, 0) is 102 Å². The fraction of sp³-hybridized carbons (Fsp3) is 0.588. The molecule has 39 heavy (non-hydrogen) atoms. The second-order valence-electron chi connectivity index (χ2n) is 11.5. The molecule has 0 amide bonds. The van der Waals surface area contributed by atoms with Gasteiger partial charge in [0.1, 0.15) is 12.2 Å². The van der Waals surface area contributed by atoms with Gasteiger partial charge < -0.3 is 14.2 Å². The van der Waals surface area contributed by atoms with Gasteiger partial charge in [0, 0.05) is 0 Å². The van der Waals surface area contributed by atoms with Crippen molar-refractivity contribution in [1.29, 1.82) is 0 Å². The van der Waals surface area contributed by atoms with Gasteiger partial charge in [0.2, 0.25) is 0 Å². The van der Waals surface area contributed by atoms with Crippen LogP contribution in [0.25, 0.3) is 0 Å². The Hall–Kier alpha value is -2.66. The lowest BCUT2D eigenvalue weighted by atomic mass is 9.99. The summed E-state index contributed by atoms with van der Waals surface area (Å²) in [5.74, 6) is -0.560. The highest BCUT2D eigenvalue weighted by atomic mass is 16.6. The molecular formula is C34H48O5. The van der Waals surface area contributed by atoms with Crippen LogP contribution in [-0.4, -0.2) is 36.4 Å². The molecule has 5 nitrogen and oxygen atoms in total. The maximum absolute atomic E-state index is 13.3. The van der Waals surface area contributed by atoms with Gasteiger partial charge in [0.25, 0.3) is 0 Å². The molecule has 4 atom stereocenters. The van der Waals surface area contributed by atoms with E-state index in [2.05, 4.69) is 13.8 Å². The molecule has 5 heteroatoms. The summed E-state index contributed by atoms with van der Waals surface area (Å²) in [5, 5.41) is 0. The normalized spacial score (nSPS) is 18.6. The molecule has 0 N–H and O–H groups in total. The minimum absolute atomic E-state index is 0.206. The third-order valence-electron chi connectivity index (χ3n) is 7.88. The average Bonchev–Trinajstić information content (AvgIpc) is 3.33. The Morgan fingerprint density at radius 1 is 0.692 bits per heavy atom. The van der Waals surface area contributed by atoms with Crippen LogP contribution >= 0.6 is 0 Å². The molecule has 2 aromatic carbocycles. The van der Waals surface area contributed by atoms with Crippen molar-refractivity contribution >= 4 is 11.9 Å². The van der Waals surface area contributed by atoms with Crippen molar-refractivity contribution in [2.45, 2.75) is 131 Å². The predicted octanol–water partition coefficient (Wildman–Crippen LogP) is 8.22. The average molecular weight is 537 g/mol. The lowest BCUT2D eigenvalue weighted by molar-refractivity contribution is -0.0892. The van der Waals surface area contributed by atoms with Crippen LogP contribution in [0.1, 0.15) is 119 Å². The Morgan fingerprint density at radius 2 is 1.03 bits per heavy atom. The highest BCUT2D eigenvalue weighted by Gasteiger charge is 2.39. The number of carbonyl (C=O) groups excluding carboxylic acids is 2. The molecular weight excluding hydrogens is 488 g/mol. The smallest absolute Gasteiger partial charge is 0.339 e. The van der Waals surface area contributed by atoms with E-state index in [1.807, 2.05) is 65.8 Å². The zero-order valence-corrected chi connectivity index (χ0v) is 25.3. The van der Waals surface area contributed by atoms with Crippen LogP contribution in [-0.2, 0) is 14.2 Å². The molecule has 0 saturated carbocycles. The van der Waals surface area contributed by atoms with E-state index < -0.39 is 0 Å². The first kappa shape index (κ1) is 30.9. The minimum atomic E-state index is -0.327. The van der Waals surface area contributed by atoms with E-state index in [0.29, 0.717) is 11.1 Å². The Labute approximate surface area is 235 Å². The first-order chi connectivity index (χ1) is 18.5. The second-order valence-corrected chi connectivity index (χ2v) is 11.5. The molecule has 1 heterocycles. The Bertz CT molecular complexity index is 1010. The highest BCUT2D eigenvalue weighted by Crippen LogP contribution is 2.32. The molecule has 1 fully saturated rings. The molecule has 214 valence electrons. The fourth-order valence-corrected chi connectivity index (χ4v) is 6.09. The maximum Gasteiger partial charge on any atom is 0.339 e. The number of ether oxygens (including phenoxy) is 3. The Balaban J connectivity index is 1.76. The van der Waals surface area contributed by atoms with Gasteiger partial charge in [-0.3, -0.25) is 0 Å². The van der Waals surface area contributed by atoms with E-state index in [4.69, 9.17) is 14.2 Å². The van der Waals surface area contributed by atoms with E-state index >= 15 is 0 Å². The van der Waals surface area contributed by atoms with Gasteiger partial charge >= 0.3 is 11.9 Å². The first-order valence-corrected chi connectivity index (χ1v) is 14.8. The van der Waals surface area contributed by atoms with Gasteiger partial charge in [-0.15, -0.1) is 0 Å². The number of carbonyl (C=O) groups is 2. The summed E-state index contributed by atoms with van der Waals surface area (Å²) in [7, 11) is 0. The van der Waals surface area contributed by atoms with Crippen LogP contribution < -0.4 is 0 Å². The van der Waals surface area contributed by atoms with Crippen LogP contribution in [0.15, 0.2) is 24.3 Å². The summed E-state index contributed by atoms with van der Waals surface area (Å²) in [4.78, 5) is 26.7. The van der Waals surface area contributed by atoms with Gasteiger partial charge in [0.05, 0.1) is 23.3 Å². The summed E-state index contributed by atoms with van der Waals surface area (Å²) in [6.07, 6.45) is 5.93. The van der Waals surface area contributed by atoms with Gasteiger partial charge in [-0.25, -0.2) is 9.59 Å². The van der Waals surface area contributed by atoms with Gasteiger partial charge in [-0.1, -0.05) is 62.1 Å². The number of rotatable bonds is 12. The van der Waals surface area contributed by atoms with Crippen LogP contribution in [0.5, 0.6) is 0 Å². The van der Waals surface area contributed by atoms with Gasteiger partial charge in [0.15, 0.2) is 0 Å². The summed E-state index contributed by atoms with van der Waals surface area (Å²) in [5.41, 5.74) is 7.31. The monoisotopic (exact) mass is 536 g/mol. The van der Waals surface area contributed by atoms with Crippen molar-refractivity contribution in [1.82, 2.24) is 0 Å². The van der Waals surface area contributed by atoms with E-state index in [-0.39, 0.29) is 36.4 Å². The predicted molar refractivity (Wildman–Crippen MR) is 157 cm³/mol. The molecule has 1 aliphatic rings. The van der Waals surface area contributed by atoms with E-state index in [9.17, 15) is 9.59 Å². The molecule has 0 bridgehead atoms. The van der Waals surface area contributed by atoms with E-state index in [1.54, 1.807) is 0 Å². The Morgan fingerprint density at radius 3 is 1.33 bits per heavy atom. The van der Waals surface area contributed by atoms with Gasteiger partial charge in [-0.2, -0.15) is 0 Å². The molecule has 0 radical (unpaired) electrons. The van der Waals surface area contributed by atoms with E-state index in [0.717, 1.165) is 84.7 Å². The van der Waals surface area contributed by atoms with E-state index in [1.165, 1.54) is 0 Å². The van der Waals surface area contributed by atoms with Crippen LogP contribution in [0, 0.1) is 41.5 Å². The number of hydrogen-bond donors (Lipinski definition) is 0. The second kappa shape index (κ2) is 14.1. The standard InChI is InChI=1S/C34H48O5/c1-9-11-13-27(38-33(35)31-23(5)17-21(3)18-24(31)6)29-15-16-30(37-29)28(14-12-10-2)39-34(36)32-25(7)19-22(4)20-26(32)8/h17-20,27-30H,9-16H2,1-8H3/t27-,28-,29-,30+/m1/s1. The number of benzene rings is 2. The number of hydrogen-bond acceptors (Lipinski definition) is 5. The summed E-state index contributed by atoms with van der Waals surface area (Å²) < 4.78 is 18.9. The lowest BCUT2D eigenvalue weighted by Crippen LogP contribution is -2.36. The third-order valence-corrected chi connectivity index (χ3v) is 7.88. The summed E-state index contributed by atoms with van der Waals surface area (Å²) in [6.45, 7) is 16.2. The van der Waals surface area contributed by atoms with Crippen LogP contribution in [0.3, 0.4) is 0 Å². The maximum atomic E-state index is 13.3. The third kappa shape index (κ3) is 7.94. The molecule has 3 rings (SSSR count). The van der Waals surface area contributed by atoms with Crippen molar-refractivity contribution in [3.05, 3.63) is 68.8 Å². The number of aryl methyl sites for hydroxylation is 6. The molecule has 0 spiro atoms. The van der Waals surface area contributed by atoms with Crippen molar-refractivity contribution in [2.75, 3.05) is 0 Å². The molecule has 0 unspecified atom stereocenters. The van der Waals surface area contributed by atoms with Crippen molar-refractivity contribution in [2.24, 2.45) is 0 Å². The molecule has 1 aliphatic heterocycles. The molecule has 1 saturated heterocycles. The lowest BCUT2D eigenvalue weighted by Gasteiger charge is -2.28. The van der Waals surface area contributed by atoms with Crippen LogP contribution in [0.4, 0.5) is 0 Å². The first-order valence-electron chi connectivity index (χ1n) is 14.8. The van der Waals surface area contributed by atoms with Crippen molar-refractivity contribution < 1.29 is 23.8 Å². The SMILES string of the molecule is CCCC[C@@H](OC(=O)c1c(C)cc(C)cc1C)[C@@H]1CC[C@H]([C@@H](CCCC)OC(=O)c2c(C)cc(C)cc2C)O1. The topological polar surface area (TPSA) is 61.8 Å². The summed E-state index contributed by atoms with van der Waals surface area (Å²) in [6, 6.07) is 8.10. The Kier molecular flexibility index (Phi) is 11.2. The fourth-order valence-electron chi connectivity index (χ4n) is 6.09. The quantitative estimate of drug-likeness (QED) is 0.256. The van der Waals surface area contributed by atoms with Crippen molar-refractivity contribution in [3.63, 3.8) is 0 Å². The zero-order chi connectivity index (χ0) is 28.7. The molecule has 0 aliphatic carbocycles. The number of unbranched alkanes of at least 4 members (excludes halogenated alkanes) is 2. The largest absolute Gasteiger partial charge is 0.456 e. The number of esters is 2. The minimum Gasteiger partial charge on any atom is -0.456 e.